The van der Waals surface area contributed by atoms with Crippen molar-refractivity contribution in [2.24, 2.45) is 5.41 Å². The Morgan fingerprint density at radius 2 is 1.96 bits per heavy atom. The van der Waals surface area contributed by atoms with Crippen molar-refractivity contribution in [2.45, 2.75) is 52.3 Å². The van der Waals surface area contributed by atoms with Gasteiger partial charge in [0.2, 0.25) is 5.91 Å². The maximum Gasteiger partial charge on any atom is 0.329 e. The van der Waals surface area contributed by atoms with E-state index in [2.05, 4.69) is 5.32 Å². The fraction of sp³-hybridized carbons (Fsp3) is 0.579. The maximum absolute atomic E-state index is 12.9. The van der Waals surface area contributed by atoms with Crippen molar-refractivity contribution in [1.82, 2.24) is 10.2 Å². The molecule has 1 N–H and O–H groups in total. The van der Waals surface area contributed by atoms with E-state index >= 15 is 0 Å². The number of esters is 1. The number of likely N-dealkylation sites (N-methyl/N-ethyl adjacent to an activating group) is 1. The lowest BCUT2D eigenvalue weighted by Gasteiger charge is -2.34. The number of nitrogens with zero attached hydrogens (tertiary/aromatic N) is 1. The minimum Gasteiger partial charge on any atom is -0.459 e. The zero-order valence-corrected chi connectivity index (χ0v) is 15.0. The van der Waals surface area contributed by atoms with Crippen molar-refractivity contribution in [3.8, 4) is 0 Å². The summed E-state index contributed by atoms with van der Waals surface area (Å²) in [5.74, 6) is -0.336. The van der Waals surface area contributed by atoms with E-state index in [-0.39, 0.29) is 29.9 Å². The van der Waals surface area contributed by atoms with E-state index in [1.54, 1.807) is 11.9 Å². The van der Waals surface area contributed by atoms with Crippen LogP contribution >= 0.6 is 0 Å². The topological polar surface area (TPSA) is 58.6 Å². The molecule has 1 aliphatic rings. The Balaban J connectivity index is 2.01. The predicted molar refractivity (Wildman–Crippen MR) is 93.3 cm³/mol. The molecule has 0 spiro atoms. The van der Waals surface area contributed by atoms with Gasteiger partial charge in [0.25, 0.3) is 0 Å². The molecule has 132 valence electrons. The molecule has 1 saturated heterocycles. The van der Waals surface area contributed by atoms with E-state index in [1.807, 2.05) is 51.1 Å². The average molecular weight is 332 g/mol. The lowest BCUT2D eigenvalue weighted by Crippen LogP contribution is -2.54. The molecule has 1 aliphatic heterocycles. The van der Waals surface area contributed by atoms with Crippen LogP contribution in [0.25, 0.3) is 0 Å². The number of hydrogen-bond donors (Lipinski definition) is 1. The van der Waals surface area contributed by atoms with Crippen LogP contribution in [0.5, 0.6) is 0 Å². The molecule has 1 fully saturated rings. The molecule has 1 aromatic rings. The molecular weight excluding hydrogens is 304 g/mol. The van der Waals surface area contributed by atoms with E-state index in [0.717, 1.165) is 12.0 Å². The number of carbonyl (C=O) groups excluding carboxylic acids is 2. The van der Waals surface area contributed by atoms with Gasteiger partial charge in [0, 0.05) is 6.54 Å². The molecular formula is C19H28N2O3. The van der Waals surface area contributed by atoms with Crippen LogP contribution in [0.3, 0.4) is 0 Å². The second-order valence-electron chi connectivity index (χ2n) is 7.37. The molecule has 2 rings (SSSR count). The molecule has 0 aliphatic carbocycles. The Morgan fingerprint density at radius 1 is 1.29 bits per heavy atom. The highest BCUT2D eigenvalue weighted by Gasteiger charge is 2.41. The zero-order chi connectivity index (χ0) is 17.7. The Bertz CT molecular complexity index is 566. The second-order valence-corrected chi connectivity index (χ2v) is 7.37. The summed E-state index contributed by atoms with van der Waals surface area (Å²) < 4.78 is 5.44. The van der Waals surface area contributed by atoms with E-state index in [9.17, 15) is 9.59 Å². The number of rotatable bonds is 5. The quantitative estimate of drug-likeness (QED) is 0.841. The van der Waals surface area contributed by atoms with Crippen LogP contribution < -0.4 is 5.32 Å². The first-order chi connectivity index (χ1) is 11.3. The molecule has 5 heteroatoms. The number of benzene rings is 1. The standard InChI is InChI=1S/C19H28N2O3/c1-19(2,3)16(20-4)17(22)21-12-8-11-15(21)18(23)24-13-14-9-6-5-7-10-14/h5-7,9-10,15-16,20H,8,11-13H2,1-4H3. The first-order valence-electron chi connectivity index (χ1n) is 8.53. The highest BCUT2D eigenvalue weighted by molar-refractivity contribution is 5.88. The smallest absolute Gasteiger partial charge is 0.329 e. The molecule has 24 heavy (non-hydrogen) atoms. The monoisotopic (exact) mass is 332 g/mol. The molecule has 0 bridgehead atoms. The first-order valence-corrected chi connectivity index (χ1v) is 8.53. The van der Waals surface area contributed by atoms with E-state index in [4.69, 9.17) is 4.74 Å². The third-order valence-corrected chi connectivity index (χ3v) is 4.43. The van der Waals surface area contributed by atoms with Gasteiger partial charge in [-0.3, -0.25) is 4.79 Å². The van der Waals surface area contributed by atoms with Gasteiger partial charge >= 0.3 is 5.97 Å². The Morgan fingerprint density at radius 3 is 2.54 bits per heavy atom. The summed E-state index contributed by atoms with van der Waals surface area (Å²) in [4.78, 5) is 27.0. The van der Waals surface area contributed by atoms with Gasteiger partial charge in [0.15, 0.2) is 0 Å². The minimum absolute atomic E-state index is 0.0239. The lowest BCUT2D eigenvalue weighted by molar-refractivity contribution is -0.155. The number of ether oxygens (including phenoxy) is 1. The van der Waals surface area contributed by atoms with E-state index in [1.165, 1.54) is 0 Å². The normalized spacial score (nSPS) is 19.2. The van der Waals surface area contributed by atoms with Gasteiger partial charge in [0.05, 0.1) is 6.04 Å². The van der Waals surface area contributed by atoms with Crippen LogP contribution in [0.4, 0.5) is 0 Å². The largest absolute Gasteiger partial charge is 0.459 e. The van der Waals surface area contributed by atoms with Crippen molar-refractivity contribution >= 4 is 11.9 Å². The summed E-state index contributed by atoms with van der Waals surface area (Å²) in [6, 6.07) is 8.79. The van der Waals surface area contributed by atoms with Crippen molar-refractivity contribution in [3.05, 3.63) is 35.9 Å². The van der Waals surface area contributed by atoms with Gasteiger partial charge in [-0.05, 0) is 30.9 Å². The van der Waals surface area contributed by atoms with Crippen molar-refractivity contribution < 1.29 is 14.3 Å². The highest BCUT2D eigenvalue weighted by Crippen LogP contribution is 2.26. The predicted octanol–water partition coefficient (Wildman–Crippen LogP) is 2.35. The third-order valence-electron chi connectivity index (χ3n) is 4.43. The lowest BCUT2D eigenvalue weighted by atomic mass is 9.86. The molecule has 0 saturated carbocycles. The van der Waals surface area contributed by atoms with Crippen LogP contribution in [0.2, 0.25) is 0 Å². The summed E-state index contributed by atoms with van der Waals surface area (Å²) in [6.45, 7) is 6.91. The van der Waals surface area contributed by atoms with Gasteiger partial charge < -0.3 is 15.0 Å². The molecule has 1 aromatic carbocycles. The van der Waals surface area contributed by atoms with E-state index < -0.39 is 6.04 Å². The van der Waals surface area contributed by atoms with Gasteiger partial charge in [-0.25, -0.2) is 4.79 Å². The van der Waals surface area contributed by atoms with Crippen LogP contribution in [-0.2, 0) is 20.9 Å². The van der Waals surface area contributed by atoms with Gasteiger partial charge in [0.1, 0.15) is 12.6 Å². The van der Waals surface area contributed by atoms with Crippen molar-refractivity contribution in [2.75, 3.05) is 13.6 Å². The number of amides is 1. The highest BCUT2D eigenvalue weighted by atomic mass is 16.5. The molecule has 2 unspecified atom stereocenters. The molecule has 0 aromatic heterocycles. The van der Waals surface area contributed by atoms with Gasteiger partial charge in [-0.15, -0.1) is 0 Å². The fourth-order valence-electron chi connectivity index (χ4n) is 3.19. The van der Waals surface area contributed by atoms with Crippen molar-refractivity contribution in [1.29, 1.82) is 0 Å². The SMILES string of the molecule is CNC(C(=O)N1CCCC1C(=O)OCc1ccccc1)C(C)(C)C. The molecule has 5 nitrogen and oxygen atoms in total. The summed E-state index contributed by atoms with van der Waals surface area (Å²) in [6.07, 6.45) is 1.50. The minimum atomic E-state index is -0.473. The Labute approximate surface area is 144 Å². The van der Waals surface area contributed by atoms with E-state index in [0.29, 0.717) is 13.0 Å². The summed E-state index contributed by atoms with van der Waals surface area (Å²) in [7, 11) is 1.78. The number of hydrogen-bond acceptors (Lipinski definition) is 4. The van der Waals surface area contributed by atoms with Crippen molar-refractivity contribution in [3.63, 3.8) is 0 Å². The van der Waals surface area contributed by atoms with Crippen LogP contribution in [0, 0.1) is 5.41 Å². The summed E-state index contributed by atoms with van der Waals surface area (Å²) in [5.41, 5.74) is 0.733. The number of carbonyl (C=O) groups is 2. The second kappa shape index (κ2) is 7.79. The third kappa shape index (κ3) is 4.35. The Hall–Kier alpha value is -1.88. The van der Waals surface area contributed by atoms with Crippen LogP contribution in [0.15, 0.2) is 30.3 Å². The average Bonchev–Trinajstić information content (AvgIpc) is 3.02. The fourth-order valence-corrected chi connectivity index (χ4v) is 3.19. The maximum atomic E-state index is 12.9. The summed E-state index contributed by atoms with van der Waals surface area (Å²) >= 11 is 0. The molecule has 1 amide bonds. The van der Waals surface area contributed by atoms with Crippen LogP contribution in [-0.4, -0.2) is 42.5 Å². The van der Waals surface area contributed by atoms with Gasteiger partial charge in [-0.2, -0.15) is 0 Å². The molecule has 0 radical (unpaired) electrons. The van der Waals surface area contributed by atoms with Gasteiger partial charge in [-0.1, -0.05) is 51.1 Å². The Kier molecular flexibility index (Phi) is 5.99. The van der Waals surface area contributed by atoms with Crippen LogP contribution in [0.1, 0.15) is 39.2 Å². The zero-order valence-electron chi connectivity index (χ0n) is 15.0. The molecule has 2 atom stereocenters. The number of nitrogens with one attached hydrogen (secondary N) is 1. The summed E-state index contributed by atoms with van der Waals surface area (Å²) in [5, 5.41) is 3.09. The number of likely N-dealkylation sites (tertiary alicyclic amines) is 1. The first kappa shape index (κ1) is 18.5. The molecule has 1 heterocycles.